The molecule has 1 rings (SSSR count). The Kier molecular flexibility index (Phi) is 4.42. The molecule has 0 aromatic heterocycles. The lowest BCUT2D eigenvalue weighted by Gasteiger charge is -2.17. The maximum Gasteiger partial charge on any atom is 0.137 e. The molecule has 0 bridgehead atoms. The molecule has 0 saturated carbocycles. The van der Waals surface area contributed by atoms with Crippen LogP contribution in [0.25, 0.3) is 0 Å². The second-order valence-corrected chi connectivity index (χ2v) is 4.86. The molecule has 5 heteroatoms. The highest BCUT2D eigenvalue weighted by Gasteiger charge is 2.12. The van der Waals surface area contributed by atoms with Gasteiger partial charge in [-0.25, -0.2) is 4.39 Å². The van der Waals surface area contributed by atoms with Gasteiger partial charge in [-0.2, -0.15) is 0 Å². The van der Waals surface area contributed by atoms with E-state index in [-0.39, 0.29) is 10.6 Å². The molecule has 0 saturated heterocycles. The van der Waals surface area contributed by atoms with Crippen molar-refractivity contribution in [1.82, 2.24) is 0 Å². The second-order valence-electron chi connectivity index (χ2n) is 4.42. The first-order valence-electron chi connectivity index (χ1n) is 5.24. The number of hydrogen-bond acceptors (Lipinski definition) is 3. The van der Waals surface area contributed by atoms with E-state index in [1.54, 1.807) is 19.9 Å². The number of ether oxygens (including phenoxy) is 1. The molecule has 1 aromatic carbocycles. The Labute approximate surface area is 105 Å². The van der Waals surface area contributed by atoms with Gasteiger partial charge in [-0.05, 0) is 26.0 Å². The Morgan fingerprint density at radius 3 is 2.65 bits per heavy atom. The minimum Gasteiger partial charge on any atom is -0.493 e. The summed E-state index contributed by atoms with van der Waals surface area (Å²) in [6.45, 7) is 3.69. The highest BCUT2D eigenvalue weighted by atomic mass is 32.1. The highest BCUT2D eigenvalue weighted by Crippen LogP contribution is 2.17. The number of benzene rings is 1. The first-order chi connectivity index (χ1) is 7.79. The predicted octanol–water partition coefficient (Wildman–Crippen LogP) is 2.00. The Morgan fingerprint density at radius 2 is 2.18 bits per heavy atom. The summed E-state index contributed by atoms with van der Waals surface area (Å²) in [6.07, 6.45) is 0.464. The molecule has 3 nitrogen and oxygen atoms in total. The molecule has 0 fully saturated rings. The van der Waals surface area contributed by atoms with Crippen molar-refractivity contribution in [1.29, 1.82) is 0 Å². The topological polar surface area (TPSA) is 55.5 Å². The molecule has 0 spiro atoms. The van der Waals surface area contributed by atoms with E-state index in [9.17, 15) is 9.50 Å². The van der Waals surface area contributed by atoms with Crippen molar-refractivity contribution in [2.45, 2.75) is 25.9 Å². The van der Waals surface area contributed by atoms with Gasteiger partial charge < -0.3 is 15.6 Å². The molecule has 17 heavy (non-hydrogen) atoms. The summed E-state index contributed by atoms with van der Waals surface area (Å²) in [7, 11) is 0. The van der Waals surface area contributed by atoms with Gasteiger partial charge in [0.05, 0.1) is 12.2 Å². The third-order valence-corrected chi connectivity index (χ3v) is 2.41. The zero-order valence-corrected chi connectivity index (χ0v) is 10.7. The van der Waals surface area contributed by atoms with Gasteiger partial charge in [-0.3, -0.25) is 0 Å². The highest BCUT2D eigenvalue weighted by molar-refractivity contribution is 7.80. The monoisotopic (exact) mass is 257 g/mol. The summed E-state index contributed by atoms with van der Waals surface area (Å²) in [4.78, 5) is 0.0190. The van der Waals surface area contributed by atoms with Crippen LogP contribution in [0.15, 0.2) is 18.2 Å². The summed E-state index contributed by atoms with van der Waals surface area (Å²) in [6, 6.07) is 4.32. The van der Waals surface area contributed by atoms with Crippen molar-refractivity contribution in [3.8, 4) is 5.75 Å². The van der Waals surface area contributed by atoms with E-state index in [0.717, 1.165) is 0 Å². The average Bonchev–Trinajstić information content (AvgIpc) is 2.15. The van der Waals surface area contributed by atoms with E-state index in [1.807, 2.05) is 0 Å². The van der Waals surface area contributed by atoms with Crippen LogP contribution in [0.5, 0.6) is 5.75 Å². The zero-order valence-electron chi connectivity index (χ0n) is 9.87. The number of thiocarbonyl (C=S) groups is 1. The first kappa shape index (κ1) is 13.9. The standard InChI is InChI=1S/C12H16FNO2S/c1-12(2,15)5-6-16-8-3-4-9(11(14)17)10(13)7-8/h3-4,7,15H,5-6H2,1-2H3,(H2,14,17). The van der Waals surface area contributed by atoms with Crippen LogP contribution in [0.2, 0.25) is 0 Å². The molecule has 0 atom stereocenters. The largest absolute Gasteiger partial charge is 0.493 e. The normalized spacial score (nSPS) is 11.3. The fraction of sp³-hybridized carbons (Fsp3) is 0.417. The van der Waals surface area contributed by atoms with E-state index in [1.165, 1.54) is 12.1 Å². The summed E-state index contributed by atoms with van der Waals surface area (Å²) >= 11 is 4.69. The molecular weight excluding hydrogens is 241 g/mol. The van der Waals surface area contributed by atoms with Crippen molar-refractivity contribution in [2.75, 3.05) is 6.61 Å². The molecule has 0 aliphatic carbocycles. The van der Waals surface area contributed by atoms with E-state index in [4.69, 9.17) is 22.7 Å². The Hall–Kier alpha value is -1.20. The lowest BCUT2D eigenvalue weighted by Crippen LogP contribution is -2.21. The fourth-order valence-corrected chi connectivity index (χ4v) is 1.37. The second kappa shape index (κ2) is 5.42. The van der Waals surface area contributed by atoms with Crippen molar-refractivity contribution in [3.63, 3.8) is 0 Å². The van der Waals surface area contributed by atoms with Crippen LogP contribution >= 0.6 is 12.2 Å². The predicted molar refractivity (Wildman–Crippen MR) is 68.7 cm³/mol. The number of nitrogens with two attached hydrogens (primary N) is 1. The zero-order chi connectivity index (χ0) is 13.1. The Morgan fingerprint density at radius 1 is 1.53 bits per heavy atom. The van der Waals surface area contributed by atoms with E-state index in [0.29, 0.717) is 18.8 Å². The van der Waals surface area contributed by atoms with Crippen LogP contribution in [-0.4, -0.2) is 22.3 Å². The van der Waals surface area contributed by atoms with Crippen molar-refractivity contribution >= 4 is 17.2 Å². The summed E-state index contributed by atoms with van der Waals surface area (Å²) < 4.78 is 18.8. The molecule has 0 radical (unpaired) electrons. The third-order valence-electron chi connectivity index (χ3n) is 2.19. The van der Waals surface area contributed by atoms with E-state index in [2.05, 4.69) is 0 Å². The maximum atomic E-state index is 13.5. The molecule has 3 N–H and O–H groups in total. The van der Waals surface area contributed by atoms with E-state index < -0.39 is 11.4 Å². The summed E-state index contributed by atoms with van der Waals surface area (Å²) in [5, 5.41) is 9.48. The lowest BCUT2D eigenvalue weighted by atomic mass is 10.1. The summed E-state index contributed by atoms with van der Waals surface area (Å²) in [5.74, 6) is -0.106. The van der Waals surface area contributed by atoms with Gasteiger partial charge in [-0.1, -0.05) is 12.2 Å². The third kappa shape index (κ3) is 4.66. The Balaban J connectivity index is 2.62. The van der Waals surface area contributed by atoms with Crippen molar-refractivity contribution in [2.24, 2.45) is 5.73 Å². The minimum absolute atomic E-state index is 0.0190. The maximum absolute atomic E-state index is 13.5. The van der Waals surface area contributed by atoms with Crippen molar-refractivity contribution in [3.05, 3.63) is 29.6 Å². The van der Waals surface area contributed by atoms with Gasteiger partial charge in [-0.15, -0.1) is 0 Å². The Bertz CT molecular complexity index is 415. The van der Waals surface area contributed by atoms with Crippen molar-refractivity contribution < 1.29 is 14.2 Å². The van der Waals surface area contributed by atoms with Crippen LogP contribution in [0.1, 0.15) is 25.8 Å². The van der Waals surface area contributed by atoms with Gasteiger partial charge in [0.1, 0.15) is 16.6 Å². The minimum atomic E-state index is -0.794. The smallest absolute Gasteiger partial charge is 0.137 e. The number of rotatable bonds is 5. The van der Waals surface area contributed by atoms with Crippen LogP contribution in [0, 0.1) is 5.82 Å². The van der Waals surface area contributed by atoms with Crippen LogP contribution < -0.4 is 10.5 Å². The van der Waals surface area contributed by atoms with Gasteiger partial charge in [0.2, 0.25) is 0 Å². The number of aliphatic hydroxyl groups is 1. The fourth-order valence-electron chi connectivity index (χ4n) is 1.20. The van der Waals surface area contributed by atoms with Crippen LogP contribution in [-0.2, 0) is 0 Å². The molecule has 94 valence electrons. The molecule has 0 heterocycles. The number of hydrogen-bond donors (Lipinski definition) is 2. The van der Waals surface area contributed by atoms with Gasteiger partial charge >= 0.3 is 0 Å². The molecule has 0 unspecified atom stereocenters. The van der Waals surface area contributed by atoms with Gasteiger partial charge in [0.15, 0.2) is 0 Å². The summed E-state index contributed by atoms with van der Waals surface area (Å²) in [5.41, 5.74) is 4.75. The number of halogens is 1. The lowest BCUT2D eigenvalue weighted by molar-refractivity contribution is 0.0553. The quantitative estimate of drug-likeness (QED) is 0.792. The van der Waals surface area contributed by atoms with E-state index >= 15 is 0 Å². The average molecular weight is 257 g/mol. The van der Waals surface area contributed by atoms with Gasteiger partial charge in [0.25, 0.3) is 0 Å². The molecule has 0 amide bonds. The molecule has 0 aliphatic rings. The molecule has 1 aromatic rings. The van der Waals surface area contributed by atoms with Crippen LogP contribution in [0.3, 0.4) is 0 Å². The molecular formula is C12H16FNO2S. The molecule has 0 aliphatic heterocycles. The van der Waals surface area contributed by atoms with Gasteiger partial charge in [0, 0.05) is 18.1 Å². The first-order valence-corrected chi connectivity index (χ1v) is 5.65. The SMILES string of the molecule is CC(C)(O)CCOc1ccc(C(N)=S)c(F)c1. The van der Waals surface area contributed by atoms with Crippen LogP contribution in [0.4, 0.5) is 4.39 Å².